The first-order chi connectivity index (χ1) is 16.9. The van der Waals surface area contributed by atoms with Crippen LogP contribution in [0.15, 0.2) is 84.9 Å². The van der Waals surface area contributed by atoms with Crippen LogP contribution in [0.5, 0.6) is 0 Å². The maximum Gasteiger partial charge on any atom is 0.325 e. The molecule has 0 aliphatic carbocycles. The molecule has 7 heteroatoms. The maximum atomic E-state index is 9.89. The number of benzene rings is 4. The zero-order chi connectivity index (χ0) is 24.9. The Morgan fingerprint density at radius 2 is 0.914 bits per heavy atom. The van der Waals surface area contributed by atoms with E-state index in [1.165, 1.54) is 0 Å². The van der Waals surface area contributed by atoms with Gasteiger partial charge in [-0.05, 0) is 82.6 Å². The van der Waals surface area contributed by atoms with E-state index in [9.17, 15) is 10.0 Å². The second-order valence-corrected chi connectivity index (χ2v) is 9.26. The molecular formula is C28H24B2Cl2O3. The third kappa shape index (κ3) is 6.00. The smallest absolute Gasteiger partial charge is 0.325 e. The fraction of sp³-hybridized carbons (Fsp3) is 0.143. The van der Waals surface area contributed by atoms with Crippen molar-refractivity contribution in [1.82, 2.24) is 0 Å². The molecule has 0 amide bonds. The van der Waals surface area contributed by atoms with Gasteiger partial charge in [0.15, 0.2) is 0 Å². The summed E-state index contributed by atoms with van der Waals surface area (Å²) in [5.41, 5.74) is 7.73. The Bertz CT molecular complexity index is 1190. The number of halogens is 2. The number of ether oxygens (including phenoxy) is 1. The van der Waals surface area contributed by atoms with E-state index in [0.717, 1.165) is 69.5 Å². The molecule has 0 aliphatic heterocycles. The first-order valence-corrected chi connectivity index (χ1v) is 12.0. The Labute approximate surface area is 217 Å². The minimum atomic E-state index is -0.719. The van der Waals surface area contributed by atoms with Crippen molar-refractivity contribution in [3.05, 3.63) is 117 Å². The lowest BCUT2D eigenvalue weighted by atomic mass is 9.81. The Kier molecular flexibility index (Phi) is 8.38. The van der Waals surface area contributed by atoms with Gasteiger partial charge < -0.3 is 14.8 Å². The highest BCUT2D eigenvalue weighted by molar-refractivity contribution is 6.31. The van der Waals surface area contributed by atoms with Crippen LogP contribution in [0.25, 0.3) is 22.3 Å². The molecule has 2 unspecified atom stereocenters. The van der Waals surface area contributed by atoms with Crippen molar-refractivity contribution in [2.24, 2.45) is 0 Å². The summed E-state index contributed by atoms with van der Waals surface area (Å²) in [5.74, 6) is 0. The van der Waals surface area contributed by atoms with Crippen LogP contribution in [0, 0.1) is 13.8 Å². The number of hydrogen-bond acceptors (Lipinski definition) is 3. The lowest BCUT2D eigenvalue weighted by molar-refractivity contribution is 0.0641. The first kappa shape index (κ1) is 25.6. The van der Waals surface area contributed by atoms with Crippen LogP contribution >= 0.6 is 23.2 Å². The van der Waals surface area contributed by atoms with Crippen LogP contribution in [0.3, 0.4) is 0 Å². The van der Waals surface area contributed by atoms with Crippen molar-refractivity contribution in [2.45, 2.75) is 25.9 Å². The van der Waals surface area contributed by atoms with Crippen molar-refractivity contribution in [2.75, 3.05) is 0 Å². The van der Waals surface area contributed by atoms with Gasteiger partial charge in [0.1, 0.15) is 0 Å². The quantitative estimate of drug-likeness (QED) is 0.259. The molecule has 174 valence electrons. The molecule has 2 radical (unpaired) electrons. The van der Waals surface area contributed by atoms with Gasteiger partial charge in [0.05, 0.1) is 12.0 Å². The van der Waals surface area contributed by atoms with E-state index in [0.29, 0.717) is 0 Å². The second-order valence-electron chi connectivity index (χ2n) is 8.45. The molecule has 4 aromatic rings. The van der Waals surface area contributed by atoms with Crippen molar-refractivity contribution in [3.8, 4) is 22.3 Å². The minimum Gasteiger partial charge on any atom is -0.452 e. The molecule has 0 spiro atoms. The second kappa shape index (κ2) is 11.5. The molecule has 0 aliphatic rings. The Morgan fingerprint density at radius 3 is 1.23 bits per heavy atom. The normalized spacial score (nSPS) is 12.7. The molecule has 3 nitrogen and oxygen atoms in total. The zero-order valence-corrected chi connectivity index (χ0v) is 21.0. The number of rotatable bonds is 8. The molecular weight excluding hydrogens is 477 g/mol. The van der Waals surface area contributed by atoms with Crippen LogP contribution in [-0.2, 0) is 4.74 Å². The van der Waals surface area contributed by atoms with Crippen LogP contribution in [-0.4, -0.2) is 25.0 Å². The van der Waals surface area contributed by atoms with Gasteiger partial charge in [0, 0.05) is 10.0 Å². The molecule has 0 bridgehead atoms. The van der Waals surface area contributed by atoms with Gasteiger partial charge in [-0.1, -0.05) is 83.9 Å². The van der Waals surface area contributed by atoms with Crippen LogP contribution in [0.2, 0.25) is 10.0 Å². The largest absolute Gasteiger partial charge is 0.452 e. The molecule has 0 saturated carbocycles. The standard InChI is InChI=1S/C28H24B2Cl2O3/c1-17-15-23(11-13-25(17)31)19-3-7-21(8-4-19)27(29-33)35-28(30-34)22-9-5-20(6-10-22)24-12-14-26(32)18(2)16-24/h3-16,27-28,33-34H,1-2H3. The van der Waals surface area contributed by atoms with E-state index in [-0.39, 0.29) is 0 Å². The average molecular weight is 501 g/mol. The van der Waals surface area contributed by atoms with E-state index < -0.39 is 12.0 Å². The SMILES string of the molecule is Cc1cc(-c2ccc(C([B]O)OC([B]O)c3ccc(-c4ccc(Cl)c(C)c4)cc3)cc2)ccc1Cl. The third-order valence-corrected chi connectivity index (χ3v) is 6.87. The van der Waals surface area contributed by atoms with Crippen LogP contribution < -0.4 is 0 Å². The van der Waals surface area contributed by atoms with Gasteiger partial charge in [0.25, 0.3) is 0 Å². The predicted molar refractivity (Wildman–Crippen MR) is 146 cm³/mol. The summed E-state index contributed by atoms with van der Waals surface area (Å²) < 4.78 is 6.04. The summed E-state index contributed by atoms with van der Waals surface area (Å²) in [6, 6.07) is 25.8. The van der Waals surface area contributed by atoms with Gasteiger partial charge in [-0.15, -0.1) is 0 Å². The van der Waals surface area contributed by atoms with E-state index >= 15 is 0 Å². The molecule has 2 atom stereocenters. The van der Waals surface area contributed by atoms with Crippen molar-refractivity contribution >= 4 is 38.2 Å². The average Bonchev–Trinajstić information content (AvgIpc) is 2.88. The Hall–Kier alpha value is -2.53. The Balaban J connectivity index is 1.49. The van der Waals surface area contributed by atoms with E-state index in [1.807, 2.05) is 98.8 Å². The summed E-state index contributed by atoms with van der Waals surface area (Å²) in [6.07, 6.45) is 0. The highest BCUT2D eigenvalue weighted by Crippen LogP contribution is 2.31. The molecule has 0 saturated heterocycles. The molecule has 2 N–H and O–H groups in total. The summed E-state index contributed by atoms with van der Waals surface area (Å²) >= 11 is 12.3. The van der Waals surface area contributed by atoms with Crippen molar-refractivity contribution in [3.63, 3.8) is 0 Å². The summed E-state index contributed by atoms with van der Waals surface area (Å²) in [5, 5.41) is 21.3. The predicted octanol–water partition coefficient (Wildman–Crippen LogP) is 6.88. The van der Waals surface area contributed by atoms with Crippen molar-refractivity contribution in [1.29, 1.82) is 0 Å². The highest BCUT2D eigenvalue weighted by atomic mass is 35.5. The van der Waals surface area contributed by atoms with Gasteiger partial charge in [-0.25, -0.2) is 0 Å². The highest BCUT2D eigenvalue weighted by Gasteiger charge is 2.22. The number of aryl methyl sites for hydroxylation is 2. The van der Waals surface area contributed by atoms with Crippen LogP contribution in [0.4, 0.5) is 0 Å². The van der Waals surface area contributed by atoms with Gasteiger partial charge in [-0.2, -0.15) is 0 Å². The third-order valence-electron chi connectivity index (χ3n) is 6.02. The Morgan fingerprint density at radius 1 is 0.571 bits per heavy atom. The van der Waals surface area contributed by atoms with Gasteiger partial charge >= 0.3 is 15.0 Å². The molecule has 0 heterocycles. The van der Waals surface area contributed by atoms with E-state index in [1.54, 1.807) is 0 Å². The number of hydrogen-bond donors (Lipinski definition) is 2. The molecule has 0 fully saturated rings. The molecule has 4 aromatic carbocycles. The molecule has 4 rings (SSSR count). The van der Waals surface area contributed by atoms with Crippen LogP contribution in [0.1, 0.15) is 34.3 Å². The summed E-state index contributed by atoms with van der Waals surface area (Å²) in [4.78, 5) is 0. The lowest BCUT2D eigenvalue weighted by Gasteiger charge is -2.22. The summed E-state index contributed by atoms with van der Waals surface area (Å²) in [7, 11) is 1.98. The minimum absolute atomic E-state index is 0.719. The molecule has 0 aromatic heterocycles. The monoisotopic (exact) mass is 500 g/mol. The fourth-order valence-corrected chi connectivity index (χ4v) is 4.17. The lowest BCUT2D eigenvalue weighted by Crippen LogP contribution is -2.20. The summed E-state index contributed by atoms with van der Waals surface area (Å²) in [6.45, 7) is 3.94. The fourth-order valence-electron chi connectivity index (χ4n) is 3.94. The first-order valence-electron chi connectivity index (χ1n) is 11.2. The van der Waals surface area contributed by atoms with E-state index in [2.05, 4.69) is 0 Å². The van der Waals surface area contributed by atoms with E-state index in [4.69, 9.17) is 27.9 Å². The van der Waals surface area contributed by atoms with Gasteiger partial charge in [0.2, 0.25) is 0 Å². The molecule has 35 heavy (non-hydrogen) atoms. The maximum absolute atomic E-state index is 9.89. The van der Waals surface area contributed by atoms with Crippen molar-refractivity contribution < 1.29 is 14.8 Å². The topological polar surface area (TPSA) is 49.7 Å². The van der Waals surface area contributed by atoms with Gasteiger partial charge in [-0.3, -0.25) is 0 Å². The zero-order valence-electron chi connectivity index (χ0n) is 19.5.